The molecule has 2 aliphatic heterocycles. The largest absolute Gasteiger partial charge is 0.314 e. The lowest BCUT2D eigenvalue weighted by atomic mass is 9.72. The number of rotatable bonds is 2. The first-order valence-electron chi connectivity index (χ1n) is 9.41. The smallest absolute Gasteiger partial charge is 0.242 e. The summed E-state index contributed by atoms with van der Waals surface area (Å²) in [5.41, 5.74) is 3.50. The van der Waals surface area contributed by atoms with E-state index in [2.05, 4.69) is 17.3 Å². The second-order valence-electron chi connectivity index (χ2n) is 7.35. The number of anilines is 2. The third-order valence-electron chi connectivity index (χ3n) is 5.90. The number of carbonyl (C=O) groups excluding carboxylic acids is 2. The SMILES string of the molecule is CCc1ccc(-n2ncc3c2NC(=O)C[C@@]32C(=O)N(C)c3ccccc32)cc1. The van der Waals surface area contributed by atoms with Crippen LogP contribution in [0.15, 0.2) is 54.7 Å². The lowest BCUT2D eigenvalue weighted by Gasteiger charge is -2.32. The van der Waals surface area contributed by atoms with Gasteiger partial charge in [-0.05, 0) is 35.7 Å². The van der Waals surface area contributed by atoms with Crippen molar-refractivity contribution in [2.24, 2.45) is 0 Å². The first-order chi connectivity index (χ1) is 13.6. The maximum atomic E-state index is 13.4. The molecule has 28 heavy (non-hydrogen) atoms. The molecule has 140 valence electrons. The van der Waals surface area contributed by atoms with Crippen molar-refractivity contribution in [3.05, 3.63) is 71.4 Å². The summed E-state index contributed by atoms with van der Waals surface area (Å²) in [6, 6.07) is 15.7. The average molecular weight is 372 g/mol. The molecule has 1 aromatic heterocycles. The number of aryl methyl sites for hydroxylation is 1. The van der Waals surface area contributed by atoms with E-state index in [0.717, 1.165) is 28.9 Å². The Kier molecular flexibility index (Phi) is 3.46. The van der Waals surface area contributed by atoms with E-state index >= 15 is 0 Å². The molecule has 3 heterocycles. The van der Waals surface area contributed by atoms with Crippen molar-refractivity contribution in [3.8, 4) is 5.69 Å². The fourth-order valence-corrected chi connectivity index (χ4v) is 4.43. The summed E-state index contributed by atoms with van der Waals surface area (Å²) >= 11 is 0. The molecule has 3 aromatic rings. The highest BCUT2D eigenvalue weighted by atomic mass is 16.2. The third kappa shape index (κ3) is 2.05. The van der Waals surface area contributed by atoms with Gasteiger partial charge in [0.25, 0.3) is 0 Å². The number of hydrogen-bond donors (Lipinski definition) is 1. The lowest BCUT2D eigenvalue weighted by molar-refractivity contribution is -0.126. The molecule has 0 saturated heterocycles. The van der Waals surface area contributed by atoms with Crippen molar-refractivity contribution >= 4 is 23.3 Å². The molecule has 0 saturated carbocycles. The first kappa shape index (κ1) is 16.7. The molecular weight excluding hydrogens is 352 g/mol. The van der Waals surface area contributed by atoms with Crippen LogP contribution in [0.5, 0.6) is 0 Å². The van der Waals surface area contributed by atoms with Crippen molar-refractivity contribution in [2.75, 3.05) is 17.3 Å². The fraction of sp³-hybridized carbons (Fsp3) is 0.227. The Bertz CT molecular complexity index is 1120. The van der Waals surface area contributed by atoms with Gasteiger partial charge in [-0.2, -0.15) is 5.10 Å². The predicted octanol–water partition coefficient (Wildman–Crippen LogP) is 3.04. The van der Waals surface area contributed by atoms with Gasteiger partial charge in [-0.1, -0.05) is 37.3 Å². The molecule has 0 bridgehead atoms. The van der Waals surface area contributed by atoms with Crippen molar-refractivity contribution in [3.63, 3.8) is 0 Å². The summed E-state index contributed by atoms with van der Waals surface area (Å²) in [5.74, 6) is 0.294. The summed E-state index contributed by atoms with van der Waals surface area (Å²) in [4.78, 5) is 27.7. The molecule has 0 fully saturated rings. The van der Waals surface area contributed by atoms with Gasteiger partial charge in [0, 0.05) is 24.7 Å². The Balaban J connectivity index is 1.73. The number of carbonyl (C=O) groups is 2. The van der Waals surface area contributed by atoms with Crippen LogP contribution in [-0.4, -0.2) is 28.6 Å². The third-order valence-corrected chi connectivity index (χ3v) is 5.90. The van der Waals surface area contributed by atoms with Crippen LogP contribution in [-0.2, 0) is 21.4 Å². The molecule has 0 aliphatic carbocycles. The number of fused-ring (bicyclic) bond motifs is 4. The Morgan fingerprint density at radius 3 is 2.57 bits per heavy atom. The minimum atomic E-state index is -1.02. The van der Waals surface area contributed by atoms with Crippen LogP contribution in [0.3, 0.4) is 0 Å². The highest BCUT2D eigenvalue weighted by Gasteiger charge is 2.56. The number of hydrogen-bond acceptors (Lipinski definition) is 3. The Hall–Kier alpha value is -3.41. The monoisotopic (exact) mass is 372 g/mol. The second-order valence-corrected chi connectivity index (χ2v) is 7.35. The summed E-state index contributed by atoms with van der Waals surface area (Å²) in [5, 5.41) is 7.48. The van der Waals surface area contributed by atoms with Gasteiger partial charge in [0.05, 0.1) is 11.9 Å². The second kappa shape index (κ2) is 5.79. The van der Waals surface area contributed by atoms with E-state index in [1.54, 1.807) is 22.8 Å². The van der Waals surface area contributed by atoms with Crippen molar-refractivity contribution in [1.82, 2.24) is 9.78 Å². The molecule has 1 N–H and O–H groups in total. The number of nitrogens with one attached hydrogen (secondary N) is 1. The van der Waals surface area contributed by atoms with Gasteiger partial charge in [-0.3, -0.25) is 9.59 Å². The van der Waals surface area contributed by atoms with Crippen LogP contribution in [0.4, 0.5) is 11.5 Å². The fourth-order valence-electron chi connectivity index (χ4n) is 4.43. The van der Waals surface area contributed by atoms with Crippen LogP contribution >= 0.6 is 0 Å². The topological polar surface area (TPSA) is 67.2 Å². The molecule has 2 amide bonds. The van der Waals surface area contributed by atoms with Crippen molar-refractivity contribution in [1.29, 1.82) is 0 Å². The van der Waals surface area contributed by atoms with Crippen LogP contribution < -0.4 is 10.2 Å². The summed E-state index contributed by atoms with van der Waals surface area (Å²) in [6.07, 6.45) is 2.76. The molecule has 2 aromatic carbocycles. The maximum absolute atomic E-state index is 13.4. The van der Waals surface area contributed by atoms with Gasteiger partial charge < -0.3 is 10.2 Å². The number of aromatic nitrogens is 2. The standard InChI is InChI=1S/C22H20N4O2/c1-3-14-8-10-15(11-9-14)26-20-17(13-23-26)22(12-19(27)24-20)16-6-4-5-7-18(16)25(2)21(22)28/h4-11,13H,3,12H2,1-2H3,(H,24,27)/t22-/m0/s1. The zero-order chi connectivity index (χ0) is 19.5. The summed E-state index contributed by atoms with van der Waals surface area (Å²) in [6.45, 7) is 2.11. The van der Waals surface area contributed by atoms with E-state index in [1.807, 2.05) is 48.5 Å². The Morgan fingerprint density at radius 1 is 1.07 bits per heavy atom. The molecule has 1 spiro atoms. The molecule has 0 unspecified atom stereocenters. The average Bonchev–Trinajstić information content (AvgIpc) is 3.23. The summed E-state index contributed by atoms with van der Waals surface area (Å²) in [7, 11) is 1.76. The first-order valence-corrected chi connectivity index (χ1v) is 9.41. The number of para-hydroxylation sites is 1. The Labute approximate surface area is 162 Å². The van der Waals surface area contributed by atoms with Crippen LogP contribution in [0.2, 0.25) is 0 Å². The normalized spacial score (nSPS) is 20.3. The van der Waals surface area contributed by atoms with E-state index in [-0.39, 0.29) is 18.2 Å². The zero-order valence-electron chi connectivity index (χ0n) is 15.8. The van der Waals surface area contributed by atoms with Gasteiger partial charge in [0.15, 0.2) is 0 Å². The lowest BCUT2D eigenvalue weighted by Crippen LogP contribution is -2.45. The Morgan fingerprint density at radius 2 is 1.82 bits per heavy atom. The van der Waals surface area contributed by atoms with Crippen LogP contribution in [0.1, 0.15) is 30.0 Å². The van der Waals surface area contributed by atoms with Gasteiger partial charge in [-0.15, -0.1) is 0 Å². The van der Waals surface area contributed by atoms with E-state index in [1.165, 1.54) is 5.56 Å². The molecule has 5 rings (SSSR count). The quantitative estimate of drug-likeness (QED) is 0.752. The van der Waals surface area contributed by atoms with Crippen molar-refractivity contribution in [2.45, 2.75) is 25.2 Å². The number of amides is 2. The predicted molar refractivity (Wildman–Crippen MR) is 107 cm³/mol. The van der Waals surface area contributed by atoms with E-state index < -0.39 is 5.41 Å². The van der Waals surface area contributed by atoms with Crippen molar-refractivity contribution < 1.29 is 9.59 Å². The minimum absolute atomic E-state index is 0.0840. The number of benzene rings is 2. The molecular formula is C22H20N4O2. The highest BCUT2D eigenvalue weighted by Crippen LogP contribution is 2.51. The molecule has 2 aliphatic rings. The highest BCUT2D eigenvalue weighted by molar-refractivity contribution is 6.15. The van der Waals surface area contributed by atoms with Crippen LogP contribution in [0, 0.1) is 0 Å². The van der Waals surface area contributed by atoms with Crippen LogP contribution in [0.25, 0.3) is 5.69 Å². The minimum Gasteiger partial charge on any atom is -0.314 e. The molecule has 6 heteroatoms. The van der Waals surface area contributed by atoms with Gasteiger partial charge in [0.2, 0.25) is 11.8 Å². The van der Waals surface area contributed by atoms with E-state index in [9.17, 15) is 9.59 Å². The van der Waals surface area contributed by atoms with E-state index in [4.69, 9.17) is 0 Å². The molecule has 1 atom stereocenters. The number of nitrogens with zero attached hydrogens (tertiary/aromatic N) is 3. The molecule has 6 nitrogen and oxygen atoms in total. The van der Waals surface area contributed by atoms with Gasteiger partial charge >= 0.3 is 0 Å². The zero-order valence-corrected chi connectivity index (χ0v) is 15.8. The maximum Gasteiger partial charge on any atom is 0.242 e. The summed E-state index contributed by atoms with van der Waals surface area (Å²) < 4.78 is 1.71. The van der Waals surface area contributed by atoms with Gasteiger partial charge in [0.1, 0.15) is 11.2 Å². The van der Waals surface area contributed by atoms with Gasteiger partial charge in [-0.25, -0.2) is 4.68 Å². The van der Waals surface area contributed by atoms with E-state index in [0.29, 0.717) is 5.82 Å². The molecule has 0 radical (unpaired) electrons. The number of likely N-dealkylation sites (N-methyl/N-ethyl adjacent to an activating group) is 1.